The molecule has 0 atom stereocenters. The Morgan fingerprint density at radius 1 is 1.00 bits per heavy atom. The first-order chi connectivity index (χ1) is 16.0. The van der Waals surface area contributed by atoms with Crippen LogP contribution in [0.4, 0.5) is 0 Å². The van der Waals surface area contributed by atoms with E-state index in [1.54, 1.807) is 43.8 Å². The molecule has 3 aromatic heterocycles. The van der Waals surface area contributed by atoms with Crippen molar-refractivity contribution >= 4 is 21.2 Å². The highest BCUT2D eigenvalue weighted by Crippen LogP contribution is 2.23. The quantitative estimate of drug-likeness (QED) is 0.344. The highest BCUT2D eigenvalue weighted by molar-refractivity contribution is 7.89. The molecular formula is C23H25N5O4S. The molecule has 2 N–H and O–H groups in total. The van der Waals surface area contributed by atoms with Crippen molar-refractivity contribution in [1.29, 1.82) is 0 Å². The third-order valence-electron chi connectivity index (χ3n) is 5.12. The Morgan fingerprint density at radius 2 is 1.82 bits per heavy atom. The van der Waals surface area contributed by atoms with E-state index in [1.807, 2.05) is 18.2 Å². The van der Waals surface area contributed by atoms with E-state index < -0.39 is 10.0 Å². The molecule has 0 saturated heterocycles. The summed E-state index contributed by atoms with van der Waals surface area (Å²) < 4.78 is 37.3. The van der Waals surface area contributed by atoms with Gasteiger partial charge in [0.1, 0.15) is 11.6 Å². The minimum Gasteiger partial charge on any atom is -0.497 e. The molecular weight excluding hydrogens is 442 g/mol. The van der Waals surface area contributed by atoms with Crippen LogP contribution in [0.5, 0.6) is 5.75 Å². The Labute approximate surface area is 192 Å². The van der Waals surface area contributed by atoms with Crippen LogP contribution in [0.3, 0.4) is 0 Å². The van der Waals surface area contributed by atoms with E-state index in [0.717, 1.165) is 40.3 Å². The van der Waals surface area contributed by atoms with E-state index in [0.29, 0.717) is 18.7 Å². The lowest BCUT2D eigenvalue weighted by Crippen LogP contribution is -2.27. The summed E-state index contributed by atoms with van der Waals surface area (Å²) >= 11 is 0. The van der Waals surface area contributed by atoms with Crippen LogP contribution in [0.15, 0.2) is 59.8 Å². The number of sulfonamides is 1. The molecule has 0 fully saturated rings. The largest absolute Gasteiger partial charge is 0.497 e. The Kier molecular flexibility index (Phi) is 6.97. The number of pyridine rings is 2. The molecule has 10 heteroatoms. The predicted molar refractivity (Wildman–Crippen MR) is 125 cm³/mol. The minimum absolute atomic E-state index is 0.200. The number of aromatic nitrogens is 4. The maximum Gasteiger partial charge on any atom is 0.240 e. The van der Waals surface area contributed by atoms with Crippen molar-refractivity contribution in [2.45, 2.75) is 17.7 Å². The number of nitrogens with one attached hydrogen (secondary N) is 2. The van der Waals surface area contributed by atoms with E-state index in [9.17, 15) is 8.42 Å². The van der Waals surface area contributed by atoms with Crippen LogP contribution in [0.25, 0.3) is 22.3 Å². The summed E-state index contributed by atoms with van der Waals surface area (Å²) in [5.41, 5.74) is 4.10. The number of methoxy groups -OCH3 is 2. The predicted octanol–water partition coefficient (Wildman–Crippen LogP) is 2.74. The SMILES string of the molecule is COCCNS(=O)(=O)c1ccc(-c2cnc3nc(CCc4cc(OC)ccn4)[nH]c3c2)cc1. The molecule has 1 aromatic carbocycles. The highest BCUT2D eigenvalue weighted by Gasteiger charge is 2.14. The number of aryl methyl sites for hydroxylation is 2. The first-order valence-electron chi connectivity index (χ1n) is 10.4. The molecule has 0 amide bonds. The van der Waals surface area contributed by atoms with Gasteiger partial charge in [0.05, 0.1) is 24.1 Å². The number of hydrogen-bond donors (Lipinski definition) is 2. The first kappa shape index (κ1) is 22.8. The van der Waals surface area contributed by atoms with Crippen LogP contribution >= 0.6 is 0 Å². The molecule has 0 bridgehead atoms. The van der Waals surface area contributed by atoms with E-state index in [4.69, 9.17) is 9.47 Å². The van der Waals surface area contributed by atoms with Crippen molar-refractivity contribution in [3.63, 3.8) is 0 Å². The second kappa shape index (κ2) is 10.1. The molecule has 4 rings (SSSR count). The van der Waals surface area contributed by atoms with Crippen molar-refractivity contribution in [3.05, 3.63) is 66.4 Å². The lowest BCUT2D eigenvalue weighted by Gasteiger charge is -2.07. The first-order valence-corrected chi connectivity index (χ1v) is 11.9. The van der Waals surface area contributed by atoms with Crippen LogP contribution in [0, 0.1) is 0 Å². The third kappa shape index (κ3) is 5.54. The number of nitrogens with zero attached hydrogens (tertiary/aromatic N) is 3. The fraction of sp³-hybridized carbons (Fsp3) is 0.261. The van der Waals surface area contributed by atoms with Crippen molar-refractivity contribution in [1.82, 2.24) is 24.7 Å². The van der Waals surface area contributed by atoms with Gasteiger partial charge in [-0.3, -0.25) is 4.98 Å². The molecule has 0 spiro atoms. The van der Waals surface area contributed by atoms with E-state index in [-0.39, 0.29) is 11.4 Å². The van der Waals surface area contributed by atoms with Crippen LogP contribution in [0.2, 0.25) is 0 Å². The summed E-state index contributed by atoms with van der Waals surface area (Å²) in [5.74, 6) is 1.60. The lowest BCUT2D eigenvalue weighted by molar-refractivity contribution is 0.204. The van der Waals surface area contributed by atoms with Crippen LogP contribution < -0.4 is 9.46 Å². The Balaban J connectivity index is 1.48. The van der Waals surface area contributed by atoms with Gasteiger partial charge in [-0.15, -0.1) is 0 Å². The fourth-order valence-electron chi connectivity index (χ4n) is 3.38. The molecule has 0 aliphatic carbocycles. The van der Waals surface area contributed by atoms with Gasteiger partial charge in [0.15, 0.2) is 5.65 Å². The van der Waals surface area contributed by atoms with Gasteiger partial charge in [-0.1, -0.05) is 12.1 Å². The van der Waals surface area contributed by atoms with Gasteiger partial charge in [-0.2, -0.15) is 0 Å². The summed E-state index contributed by atoms with van der Waals surface area (Å²) in [6, 6.07) is 12.4. The number of H-pyrrole nitrogens is 1. The minimum atomic E-state index is -3.57. The molecule has 3 heterocycles. The van der Waals surface area contributed by atoms with E-state index in [2.05, 4.69) is 24.7 Å². The number of fused-ring (bicyclic) bond motifs is 1. The van der Waals surface area contributed by atoms with Crippen molar-refractivity contribution in [3.8, 4) is 16.9 Å². The number of benzene rings is 1. The zero-order valence-electron chi connectivity index (χ0n) is 18.4. The summed E-state index contributed by atoms with van der Waals surface area (Å²) in [7, 11) is -0.416. The van der Waals surface area contributed by atoms with Crippen molar-refractivity contribution in [2.24, 2.45) is 0 Å². The number of aromatic amines is 1. The van der Waals surface area contributed by atoms with Gasteiger partial charge in [0, 0.05) is 49.8 Å². The van der Waals surface area contributed by atoms with Crippen LogP contribution in [0.1, 0.15) is 11.5 Å². The molecule has 0 aliphatic rings. The van der Waals surface area contributed by atoms with Gasteiger partial charge in [0.2, 0.25) is 10.0 Å². The second-order valence-electron chi connectivity index (χ2n) is 7.38. The molecule has 0 unspecified atom stereocenters. The highest BCUT2D eigenvalue weighted by atomic mass is 32.2. The number of rotatable bonds is 10. The molecule has 172 valence electrons. The molecule has 0 aliphatic heterocycles. The second-order valence-corrected chi connectivity index (χ2v) is 9.15. The Hall–Kier alpha value is -3.34. The zero-order valence-corrected chi connectivity index (χ0v) is 19.2. The number of hydrogen-bond acceptors (Lipinski definition) is 7. The molecule has 4 aromatic rings. The van der Waals surface area contributed by atoms with Gasteiger partial charge in [-0.05, 0) is 36.2 Å². The van der Waals surface area contributed by atoms with Gasteiger partial charge >= 0.3 is 0 Å². The topological polar surface area (TPSA) is 119 Å². The van der Waals surface area contributed by atoms with E-state index in [1.165, 1.54) is 7.11 Å². The molecule has 33 heavy (non-hydrogen) atoms. The molecule has 0 saturated carbocycles. The number of imidazole rings is 1. The Bertz CT molecular complexity index is 1340. The van der Waals surface area contributed by atoms with Gasteiger partial charge in [-0.25, -0.2) is 23.1 Å². The maximum absolute atomic E-state index is 12.3. The monoisotopic (exact) mass is 467 g/mol. The summed E-state index contributed by atoms with van der Waals surface area (Å²) in [4.78, 5) is 16.9. The Morgan fingerprint density at radius 3 is 2.58 bits per heavy atom. The summed E-state index contributed by atoms with van der Waals surface area (Å²) in [6.07, 6.45) is 4.87. The average Bonchev–Trinajstić information content (AvgIpc) is 3.25. The van der Waals surface area contributed by atoms with Crippen LogP contribution in [-0.4, -0.2) is 55.7 Å². The maximum atomic E-state index is 12.3. The van der Waals surface area contributed by atoms with Gasteiger partial charge in [0.25, 0.3) is 0 Å². The van der Waals surface area contributed by atoms with Gasteiger partial charge < -0.3 is 14.5 Å². The fourth-order valence-corrected chi connectivity index (χ4v) is 4.39. The standard InChI is InChI=1S/C23H25N5O4S/c1-31-12-11-26-33(29,30)20-6-3-16(4-7-20)17-13-21-23(25-15-17)28-22(27-21)8-5-18-14-19(32-2)9-10-24-18/h3-4,6-7,9-10,13-15,26H,5,8,11-12H2,1-2H3,(H,25,27,28). The summed E-state index contributed by atoms with van der Waals surface area (Å²) in [6.45, 7) is 0.530. The lowest BCUT2D eigenvalue weighted by atomic mass is 10.1. The normalized spacial score (nSPS) is 11.7. The zero-order chi connectivity index (χ0) is 23.3. The van der Waals surface area contributed by atoms with Crippen molar-refractivity contribution < 1.29 is 17.9 Å². The molecule has 0 radical (unpaired) electrons. The van der Waals surface area contributed by atoms with Crippen LogP contribution in [-0.2, 0) is 27.6 Å². The van der Waals surface area contributed by atoms with E-state index >= 15 is 0 Å². The molecule has 9 nitrogen and oxygen atoms in total. The number of ether oxygens (including phenoxy) is 2. The smallest absolute Gasteiger partial charge is 0.240 e. The average molecular weight is 468 g/mol. The summed E-state index contributed by atoms with van der Waals surface area (Å²) in [5, 5.41) is 0. The third-order valence-corrected chi connectivity index (χ3v) is 6.60. The van der Waals surface area contributed by atoms with Crippen molar-refractivity contribution in [2.75, 3.05) is 27.4 Å².